The topological polar surface area (TPSA) is 76.4 Å². The van der Waals surface area contributed by atoms with E-state index in [0.29, 0.717) is 23.2 Å². The predicted octanol–water partition coefficient (Wildman–Crippen LogP) is 3.93. The molecule has 1 atom stereocenters. The van der Waals surface area contributed by atoms with Gasteiger partial charge in [-0.25, -0.2) is 4.39 Å². The fraction of sp³-hybridized carbons (Fsp3) is 0.235. The molecule has 1 aliphatic heterocycles. The standard InChI is InChI=1S/C17H16FN3O3S/c18-11-3-8-16-14(10-11)15(2-1-9-24-16)20-17(25)19-12-4-6-13(7-5-12)21(22)23/h3-8,10,15H,1-2,9H2,(H2,19,20,25)/t15-/m1/s1. The van der Waals surface area contributed by atoms with E-state index in [0.717, 1.165) is 18.4 Å². The van der Waals surface area contributed by atoms with Gasteiger partial charge in [-0.3, -0.25) is 10.1 Å². The van der Waals surface area contributed by atoms with Gasteiger partial charge in [0.2, 0.25) is 0 Å². The molecule has 0 aliphatic carbocycles. The first kappa shape index (κ1) is 17.1. The van der Waals surface area contributed by atoms with E-state index >= 15 is 0 Å². The van der Waals surface area contributed by atoms with E-state index in [1.807, 2.05) is 0 Å². The molecule has 0 unspecified atom stereocenters. The van der Waals surface area contributed by atoms with Gasteiger partial charge in [0.05, 0.1) is 17.6 Å². The number of thiocarbonyl (C=S) groups is 1. The Morgan fingerprint density at radius 1 is 1.28 bits per heavy atom. The van der Waals surface area contributed by atoms with Crippen molar-refractivity contribution in [2.24, 2.45) is 0 Å². The Labute approximate surface area is 149 Å². The molecule has 0 spiro atoms. The van der Waals surface area contributed by atoms with E-state index in [4.69, 9.17) is 17.0 Å². The van der Waals surface area contributed by atoms with Crippen LogP contribution in [0.25, 0.3) is 0 Å². The zero-order valence-corrected chi connectivity index (χ0v) is 14.0. The molecule has 0 saturated heterocycles. The molecule has 1 aliphatic rings. The molecule has 6 nitrogen and oxygen atoms in total. The maximum absolute atomic E-state index is 13.6. The number of nitro benzene ring substituents is 1. The second-order valence-corrected chi connectivity index (χ2v) is 6.04. The molecule has 2 aromatic rings. The van der Waals surface area contributed by atoms with Crippen LogP contribution in [0.3, 0.4) is 0 Å². The van der Waals surface area contributed by atoms with Crippen molar-refractivity contribution < 1.29 is 14.1 Å². The minimum atomic E-state index is -0.461. The van der Waals surface area contributed by atoms with Gasteiger partial charge in [-0.15, -0.1) is 0 Å². The maximum atomic E-state index is 13.6. The van der Waals surface area contributed by atoms with E-state index in [-0.39, 0.29) is 17.5 Å². The SMILES string of the molecule is O=[N+]([O-])c1ccc(NC(=S)N[C@@H]2CCCOc3ccc(F)cc32)cc1. The number of non-ortho nitro benzene ring substituents is 1. The van der Waals surface area contributed by atoms with E-state index in [1.54, 1.807) is 18.2 Å². The van der Waals surface area contributed by atoms with Crippen LogP contribution in [0.5, 0.6) is 5.75 Å². The third kappa shape index (κ3) is 4.21. The first-order chi connectivity index (χ1) is 12.0. The van der Waals surface area contributed by atoms with Crippen LogP contribution in [-0.4, -0.2) is 16.6 Å². The zero-order valence-electron chi connectivity index (χ0n) is 13.2. The minimum Gasteiger partial charge on any atom is -0.493 e. The number of halogens is 1. The smallest absolute Gasteiger partial charge is 0.269 e. The van der Waals surface area contributed by atoms with Gasteiger partial charge in [0.15, 0.2) is 5.11 Å². The molecule has 0 saturated carbocycles. The lowest BCUT2D eigenvalue weighted by atomic mass is 10.0. The number of fused-ring (bicyclic) bond motifs is 1. The number of hydrogen-bond acceptors (Lipinski definition) is 4. The van der Waals surface area contributed by atoms with Crippen molar-refractivity contribution in [1.82, 2.24) is 5.32 Å². The quantitative estimate of drug-likeness (QED) is 0.490. The number of nitro groups is 1. The summed E-state index contributed by atoms with van der Waals surface area (Å²) in [5.74, 6) is 0.319. The van der Waals surface area contributed by atoms with Crippen molar-refractivity contribution >= 4 is 28.7 Å². The summed E-state index contributed by atoms with van der Waals surface area (Å²) < 4.78 is 19.2. The van der Waals surface area contributed by atoms with Crippen LogP contribution in [0.4, 0.5) is 15.8 Å². The van der Waals surface area contributed by atoms with E-state index in [2.05, 4.69) is 10.6 Å². The average Bonchev–Trinajstić information content (AvgIpc) is 2.77. The molecule has 0 aromatic heterocycles. The first-order valence-corrected chi connectivity index (χ1v) is 8.18. The number of hydrogen-bond donors (Lipinski definition) is 2. The number of ether oxygens (including phenoxy) is 1. The summed E-state index contributed by atoms with van der Waals surface area (Å²) in [7, 11) is 0. The summed E-state index contributed by atoms with van der Waals surface area (Å²) in [5.41, 5.74) is 1.37. The molecule has 8 heteroatoms. The fourth-order valence-corrected chi connectivity index (χ4v) is 2.95. The van der Waals surface area contributed by atoms with Crippen molar-refractivity contribution in [2.45, 2.75) is 18.9 Å². The summed E-state index contributed by atoms with van der Waals surface area (Å²) in [6.45, 7) is 0.569. The number of benzene rings is 2. The minimum absolute atomic E-state index is 0.00903. The highest BCUT2D eigenvalue weighted by molar-refractivity contribution is 7.80. The molecule has 0 radical (unpaired) electrons. The molecule has 2 N–H and O–H groups in total. The summed E-state index contributed by atoms with van der Waals surface area (Å²) in [6, 6.07) is 10.2. The Morgan fingerprint density at radius 3 is 2.76 bits per heavy atom. The highest BCUT2D eigenvalue weighted by atomic mass is 32.1. The van der Waals surface area contributed by atoms with E-state index in [9.17, 15) is 14.5 Å². The number of anilines is 1. The zero-order chi connectivity index (χ0) is 17.8. The van der Waals surface area contributed by atoms with Crippen LogP contribution in [0.2, 0.25) is 0 Å². The van der Waals surface area contributed by atoms with Gasteiger partial charge in [0.25, 0.3) is 5.69 Å². The van der Waals surface area contributed by atoms with Crippen molar-refractivity contribution in [3.8, 4) is 5.75 Å². The van der Waals surface area contributed by atoms with Crippen LogP contribution in [0.15, 0.2) is 42.5 Å². The maximum Gasteiger partial charge on any atom is 0.269 e. The lowest BCUT2D eigenvalue weighted by Gasteiger charge is -2.20. The van der Waals surface area contributed by atoms with Crippen LogP contribution in [0, 0.1) is 15.9 Å². The molecule has 0 fully saturated rings. The second-order valence-electron chi connectivity index (χ2n) is 5.63. The average molecular weight is 361 g/mol. The molecule has 1 heterocycles. The van der Waals surface area contributed by atoms with Gasteiger partial charge in [0.1, 0.15) is 11.6 Å². The molecule has 130 valence electrons. The van der Waals surface area contributed by atoms with E-state index < -0.39 is 4.92 Å². The van der Waals surface area contributed by atoms with Gasteiger partial charge in [0, 0.05) is 23.4 Å². The van der Waals surface area contributed by atoms with Crippen LogP contribution < -0.4 is 15.4 Å². The summed E-state index contributed by atoms with van der Waals surface area (Å²) in [4.78, 5) is 10.2. The molecule has 0 bridgehead atoms. The normalized spacial score (nSPS) is 16.1. The third-order valence-electron chi connectivity index (χ3n) is 3.88. The van der Waals surface area contributed by atoms with Crippen molar-refractivity contribution in [2.75, 3.05) is 11.9 Å². The number of nitrogens with one attached hydrogen (secondary N) is 2. The Balaban J connectivity index is 1.70. The molecular formula is C17H16FN3O3S. The van der Waals surface area contributed by atoms with Crippen LogP contribution in [-0.2, 0) is 0 Å². The fourth-order valence-electron chi connectivity index (χ4n) is 2.69. The molecule has 2 aromatic carbocycles. The lowest BCUT2D eigenvalue weighted by Crippen LogP contribution is -2.32. The van der Waals surface area contributed by atoms with Gasteiger partial charge < -0.3 is 15.4 Å². The third-order valence-corrected chi connectivity index (χ3v) is 4.10. The summed E-state index contributed by atoms with van der Waals surface area (Å²) >= 11 is 5.32. The largest absolute Gasteiger partial charge is 0.493 e. The van der Waals surface area contributed by atoms with E-state index in [1.165, 1.54) is 24.3 Å². The van der Waals surface area contributed by atoms with Crippen LogP contribution in [0.1, 0.15) is 24.4 Å². The molecule has 0 amide bonds. The molecule has 3 rings (SSSR count). The van der Waals surface area contributed by atoms with Crippen molar-refractivity contribution in [3.63, 3.8) is 0 Å². The second kappa shape index (κ2) is 7.43. The highest BCUT2D eigenvalue weighted by Crippen LogP contribution is 2.32. The van der Waals surface area contributed by atoms with Gasteiger partial charge >= 0.3 is 0 Å². The van der Waals surface area contributed by atoms with Crippen LogP contribution >= 0.6 is 12.2 Å². The first-order valence-electron chi connectivity index (χ1n) is 7.77. The van der Waals surface area contributed by atoms with Gasteiger partial charge in [-0.1, -0.05) is 0 Å². The summed E-state index contributed by atoms with van der Waals surface area (Å²) in [6.07, 6.45) is 1.56. The monoisotopic (exact) mass is 361 g/mol. The van der Waals surface area contributed by atoms with Gasteiger partial charge in [-0.05, 0) is 55.4 Å². The van der Waals surface area contributed by atoms with Crippen molar-refractivity contribution in [3.05, 3.63) is 64.0 Å². The Morgan fingerprint density at radius 2 is 2.04 bits per heavy atom. The lowest BCUT2D eigenvalue weighted by molar-refractivity contribution is -0.384. The number of rotatable bonds is 3. The summed E-state index contributed by atoms with van der Waals surface area (Å²) in [5, 5.41) is 17.2. The van der Waals surface area contributed by atoms with Gasteiger partial charge in [-0.2, -0.15) is 0 Å². The Bertz CT molecular complexity index is 798. The Kier molecular flexibility index (Phi) is 5.08. The Hall–Kier alpha value is -2.74. The molecular weight excluding hydrogens is 345 g/mol. The van der Waals surface area contributed by atoms with Crippen molar-refractivity contribution in [1.29, 1.82) is 0 Å². The molecule has 25 heavy (non-hydrogen) atoms. The highest BCUT2D eigenvalue weighted by Gasteiger charge is 2.21. The predicted molar refractivity (Wildman–Crippen MR) is 96.3 cm³/mol. The number of nitrogens with zero attached hydrogens (tertiary/aromatic N) is 1.